The molecule has 31 heavy (non-hydrogen) atoms. The van der Waals surface area contributed by atoms with Crippen LogP contribution in [-0.2, 0) is 17.7 Å². The molecule has 1 saturated heterocycles. The molecule has 0 saturated carbocycles. The number of nitrogens with one attached hydrogen (secondary N) is 1. The average Bonchev–Trinajstić information content (AvgIpc) is 3.20. The van der Waals surface area contributed by atoms with E-state index in [1.54, 1.807) is 13.8 Å². The number of carbonyl (C=O) groups is 1. The molecule has 1 aromatic heterocycles. The van der Waals surface area contributed by atoms with Crippen LogP contribution < -0.4 is 10.3 Å². The van der Waals surface area contributed by atoms with Crippen LogP contribution in [0.25, 0.3) is 0 Å². The number of H-pyrrole nitrogens is 1. The molecule has 9 heteroatoms. The summed E-state index contributed by atoms with van der Waals surface area (Å²) in [6.07, 6.45) is -2.23. The van der Waals surface area contributed by atoms with E-state index in [0.717, 1.165) is 11.3 Å². The zero-order valence-corrected chi connectivity index (χ0v) is 18.0. The topological polar surface area (TPSA) is 71.6 Å². The largest absolute Gasteiger partial charge is 0.486 e. The van der Waals surface area contributed by atoms with Crippen LogP contribution in [0.1, 0.15) is 51.2 Å². The number of ether oxygens (including phenoxy) is 2. The van der Waals surface area contributed by atoms with E-state index in [1.807, 2.05) is 6.07 Å². The normalized spacial score (nSPS) is 18.6. The Hall–Kier alpha value is -2.45. The number of nitrogens with zero attached hydrogens (tertiary/aromatic N) is 1. The Morgan fingerprint density at radius 2 is 2.10 bits per heavy atom. The first kappa shape index (κ1) is 21.8. The molecule has 0 radical (unpaired) electrons. The number of aromatic amines is 1. The van der Waals surface area contributed by atoms with Crippen LogP contribution in [0, 0.1) is 13.8 Å². The Morgan fingerprint density at radius 1 is 1.32 bits per heavy atom. The van der Waals surface area contributed by atoms with Crippen LogP contribution in [0.5, 0.6) is 5.75 Å². The Labute approximate surface area is 183 Å². The first-order chi connectivity index (χ1) is 14.8. The quantitative estimate of drug-likeness (QED) is 0.745. The fourth-order valence-electron chi connectivity index (χ4n) is 4.18. The molecule has 1 aromatic carbocycles. The van der Waals surface area contributed by atoms with Gasteiger partial charge in [0, 0.05) is 29.8 Å². The van der Waals surface area contributed by atoms with Gasteiger partial charge in [0.05, 0.1) is 30.3 Å². The number of hydrogen-bond acceptors (Lipinski definition) is 4. The van der Waals surface area contributed by atoms with E-state index in [9.17, 15) is 18.4 Å². The van der Waals surface area contributed by atoms with E-state index in [-0.39, 0.29) is 58.6 Å². The third-order valence-electron chi connectivity index (χ3n) is 5.76. The van der Waals surface area contributed by atoms with Crippen molar-refractivity contribution in [3.63, 3.8) is 0 Å². The molecule has 0 bridgehead atoms. The van der Waals surface area contributed by atoms with Crippen molar-refractivity contribution in [1.29, 1.82) is 0 Å². The van der Waals surface area contributed by atoms with Gasteiger partial charge in [-0.1, -0.05) is 11.6 Å². The number of pyridine rings is 1. The smallest absolute Gasteiger partial charge is 0.264 e. The lowest BCUT2D eigenvalue weighted by Gasteiger charge is -2.31. The van der Waals surface area contributed by atoms with Crippen LogP contribution in [0.3, 0.4) is 0 Å². The molecular weight excluding hydrogens is 430 g/mol. The highest BCUT2D eigenvalue weighted by Crippen LogP contribution is 2.41. The summed E-state index contributed by atoms with van der Waals surface area (Å²) < 4.78 is 38.7. The molecule has 1 atom stereocenters. The second-order valence-corrected chi connectivity index (χ2v) is 8.33. The van der Waals surface area contributed by atoms with Crippen LogP contribution in [0.2, 0.25) is 5.02 Å². The highest BCUT2D eigenvalue weighted by molar-refractivity contribution is 6.35. The molecule has 0 unspecified atom stereocenters. The Balaban J connectivity index is 1.71. The van der Waals surface area contributed by atoms with Gasteiger partial charge in [-0.25, -0.2) is 8.78 Å². The van der Waals surface area contributed by atoms with Crippen LogP contribution in [0.15, 0.2) is 16.9 Å². The van der Waals surface area contributed by atoms with E-state index < -0.39 is 12.3 Å². The van der Waals surface area contributed by atoms with Gasteiger partial charge in [0.2, 0.25) is 0 Å². The molecule has 0 aliphatic carbocycles. The van der Waals surface area contributed by atoms with Crippen molar-refractivity contribution >= 4 is 17.5 Å². The first-order valence-electron chi connectivity index (χ1n) is 10.1. The molecule has 2 aliphatic rings. The van der Waals surface area contributed by atoms with E-state index in [2.05, 4.69) is 4.98 Å². The number of fused-ring (bicyclic) bond motifs is 1. The number of rotatable bonds is 5. The Kier molecular flexibility index (Phi) is 6.03. The maximum absolute atomic E-state index is 13.8. The highest BCUT2D eigenvalue weighted by atomic mass is 35.5. The van der Waals surface area contributed by atoms with Gasteiger partial charge >= 0.3 is 0 Å². The molecule has 1 N–H and O–H groups in total. The minimum Gasteiger partial charge on any atom is -0.486 e. The number of halogens is 3. The molecule has 0 spiro atoms. The molecule has 1 fully saturated rings. The molecule has 6 nitrogen and oxygen atoms in total. The van der Waals surface area contributed by atoms with Crippen LogP contribution >= 0.6 is 11.6 Å². The maximum Gasteiger partial charge on any atom is 0.264 e. The second-order valence-electron chi connectivity index (χ2n) is 7.96. The number of hydrogen-bond donors (Lipinski definition) is 1. The fourth-order valence-corrected chi connectivity index (χ4v) is 4.47. The van der Waals surface area contributed by atoms with Crippen LogP contribution in [0.4, 0.5) is 8.78 Å². The summed E-state index contributed by atoms with van der Waals surface area (Å²) in [5.41, 5.74) is 1.70. The van der Waals surface area contributed by atoms with Crippen molar-refractivity contribution in [2.75, 3.05) is 19.8 Å². The first-order valence-corrected chi connectivity index (χ1v) is 10.5. The third kappa shape index (κ3) is 4.19. The van der Waals surface area contributed by atoms with Gasteiger partial charge in [-0.05, 0) is 43.5 Å². The van der Waals surface area contributed by atoms with Gasteiger partial charge in [-0.3, -0.25) is 9.59 Å². The van der Waals surface area contributed by atoms with Crippen LogP contribution in [-0.4, -0.2) is 41.7 Å². The number of benzene rings is 1. The van der Waals surface area contributed by atoms with Crippen molar-refractivity contribution in [2.24, 2.45) is 0 Å². The number of alkyl halides is 2. The summed E-state index contributed by atoms with van der Waals surface area (Å²) in [5.74, 6) is -0.425. The molecule has 4 rings (SSSR count). The predicted molar refractivity (Wildman–Crippen MR) is 111 cm³/mol. The van der Waals surface area contributed by atoms with E-state index in [1.165, 1.54) is 11.0 Å². The zero-order chi connectivity index (χ0) is 22.3. The van der Waals surface area contributed by atoms with Gasteiger partial charge < -0.3 is 19.4 Å². The Morgan fingerprint density at radius 3 is 2.74 bits per heavy atom. The molecule has 1 amide bonds. The fraction of sp³-hybridized carbons (Fsp3) is 0.455. The number of amides is 1. The third-order valence-corrected chi connectivity index (χ3v) is 6.14. The lowest BCUT2D eigenvalue weighted by Crippen LogP contribution is -2.39. The van der Waals surface area contributed by atoms with Gasteiger partial charge in [0.1, 0.15) is 11.9 Å². The Bertz CT molecular complexity index is 1080. The average molecular weight is 453 g/mol. The van der Waals surface area contributed by atoms with Gasteiger partial charge in [-0.2, -0.15) is 0 Å². The number of aromatic nitrogens is 1. The maximum atomic E-state index is 13.8. The van der Waals surface area contributed by atoms with Crippen molar-refractivity contribution in [1.82, 2.24) is 9.88 Å². The SMILES string of the molecule is Cc1cc(C)c(CN2CCc3c(C(F)F)cc(O[C@@H]4CCOC4)c(Cl)c3C2=O)c(=O)[nH]1. The molecule has 2 aliphatic heterocycles. The van der Waals surface area contributed by atoms with Gasteiger partial charge in [0.25, 0.3) is 17.9 Å². The lowest BCUT2D eigenvalue weighted by molar-refractivity contribution is 0.0722. The van der Waals surface area contributed by atoms with Gasteiger partial charge in [-0.15, -0.1) is 0 Å². The lowest BCUT2D eigenvalue weighted by atomic mass is 9.92. The highest BCUT2D eigenvalue weighted by Gasteiger charge is 2.34. The zero-order valence-electron chi connectivity index (χ0n) is 17.3. The monoisotopic (exact) mass is 452 g/mol. The molecule has 166 valence electrons. The molecule has 2 aromatic rings. The van der Waals surface area contributed by atoms with E-state index >= 15 is 0 Å². The van der Waals surface area contributed by atoms with Crippen molar-refractivity contribution in [2.45, 2.75) is 45.8 Å². The van der Waals surface area contributed by atoms with Crippen molar-refractivity contribution in [3.8, 4) is 5.75 Å². The summed E-state index contributed by atoms with van der Waals surface area (Å²) >= 11 is 6.50. The summed E-state index contributed by atoms with van der Waals surface area (Å²) in [6, 6.07) is 3.07. The number of carbonyl (C=O) groups excluding carboxylic acids is 1. The summed E-state index contributed by atoms with van der Waals surface area (Å²) in [7, 11) is 0. The van der Waals surface area contributed by atoms with Crippen molar-refractivity contribution < 1.29 is 23.0 Å². The summed E-state index contributed by atoms with van der Waals surface area (Å²) in [4.78, 5) is 29.9. The second kappa shape index (κ2) is 8.59. The standard InChI is InChI=1S/C22H23ClF2N2O4/c1-11-7-12(2)26-21(28)16(11)9-27-5-3-14-15(20(24)25)8-17(19(23)18(14)22(27)29)31-13-4-6-30-10-13/h7-8,13,20H,3-6,9-10H2,1-2H3,(H,26,28)/t13-/m1/s1. The molecular formula is C22H23ClF2N2O4. The van der Waals surface area contributed by atoms with Crippen molar-refractivity contribution in [3.05, 3.63) is 61.0 Å². The van der Waals surface area contributed by atoms with E-state index in [4.69, 9.17) is 21.1 Å². The molecule has 3 heterocycles. The van der Waals surface area contributed by atoms with Gasteiger partial charge in [0.15, 0.2) is 0 Å². The predicted octanol–water partition coefficient (Wildman–Crippen LogP) is 3.95. The minimum absolute atomic E-state index is 0.0236. The summed E-state index contributed by atoms with van der Waals surface area (Å²) in [6.45, 7) is 4.73. The summed E-state index contributed by atoms with van der Waals surface area (Å²) in [5, 5.41) is 0.0236. The minimum atomic E-state index is -2.77. The number of aryl methyl sites for hydroxylation is 2. The van der Waals surface area contributed by atoms with E-state index in [0.29, 0.717) is 25.2 Å².